The van der Waals surface area contributed by atoms with Gasteiger partial charge >= 0.3 is 0 Å². The number of rotatable bonds is 3. The molecule has 0 spiro atoms. The van der Waals surface area contributed by atoms with Crippen LogP contribution in [0.1, 0.15) is 71.6 Å². The fourth-order valence-electron chi connectivity index (χ4n) is 5.37. The number of hydrogen-bond acceptors (Lipinski definition) is 0. The molecular weight excluding hydrogens is 230 g/mol. The Morgan fingerprint density at radius 3 is 2.79 bits per heavy atom. The van der Waals surface area contributed by atoms with Crippen LogP contribution in [0, 0.1) is 5.92 Å². The fraction of sp³-hybridized carbons (Fsp3) is 0.889. The molecular formula is C18H32N+. The summed E-state index contributed by atoms with van der Waals surface area (Å²) in [6, 6.07) is 0. The lowest BCUT2D eigenvalue weighted by Crippen LogP contribution is -2.60. The summed E-state index contributed by atoms with van der Waals surface area (Å²) in [7, 11) is 2.56. The van der Waals surface area contributed by atoms with Crippen molar-refractivity contribution in [3.05, 3.63) is 11.1 Å². The maximum Gasteiger partial charge on any atom is 0.118 e. The zero-order valence-electron chi connectivity index (χ0n) is 13.3. The van der Waals surface area contributed by atoms with Gasteiger partial charge in [0.2, 0.25) is 0 Å². The van der Waals surface area contributed by atoms with Crippen molar-refractivity contribution in [2.45, 2.75) is 77.2 Å². The average molecular weight is 262 g/mol. The van der Waals surface area contributed by atoms with E-state index in [1.165, 1.54) is 75.4 Å². The van der Waals surface area contributed by atoms with Gasteiger partial charge in [-0.25, -0.2) is 0 Å². The van der Waals surface area contributed by atoms with Gasteiger partial charge in [-0.2, -0.15) is 0 Å². The van der Waals surface area contributed by atoms with Crippen molar-refractivity contribution in [2.24, 2.45) is 5.92 Å². The van der Waals surface area contributed by atoms with E-state index >= 15 is 0 Å². The molecule has 0 bridgehead atoms. The minimum absolute atomic E-state index is 0.506. The number of fused-ring (bicyclic) bond motifs is 2. The molecule has 108 valence electrons. The second-order valence-electron chi connectivity index (χ2n) is 7.83. The second kappa shape index (κ2) is 4.91. The maximum atomic E-state index is 2.61. The van der Waals surface area contributed by atoms with Crippen LogP contribution < -0.4 is 0 Å². The highest BCUT2D eigenvalue weighted by Crippen LogP contribution is 2.52. The summed E-state index contributed by atoms with van der Waals surface area (Å²) < 4.78 is 1.36. The van der Waals surface area contributed by atoms with Crippen LogP contribution in [0.25, 0.3) is 0 Å². The van der Waals surface area contributed by atoms with E-state index in [0.717, 1.165) is 5.92 Å². The molecule has 0 aromatic heterocycles. The summed E-state index contributed by atoms with van der Waals surface area (Å²) >= 11 is 0. The lowest BCUT2D eigenvalue weighted by atomic mass is 9.73. The number of hydrogen-bond donors (Lipinski definition) is 0. The van der Waals surface area contributed by atoms with Gasteiger partial charge in [-0.3, -0.25) is 0 Å². The summed E-state index contributed by atoms with van der Waals surface area (Å²) in [5.74, 6) is 0.990. The third kappa shape index (κ3) is 2.09. The fourth-order valence-corrected chi connectivity index (χ4v) is 5.37. The molecule has 0 amide bonds. The molecule has 2 aliphatic heterocycles. The Morgan fingerprint density at radius 2 is 2.00 bits per heavy atom. The van der Waals surface area contributed by atoms with Crippen molar-refractivity contribution in [3.8, 4) is 0 Å². The molecule has 2 heterocycles. The van der Waals surface area contributed by atoms with E-state index in [-0.39, 0.29) is 0 Å². The summed E-state index contributed by atoms with van der Waals surface area (Å²) in [5.41, 5.74) is 4.29. The highest BCUT2D eigenvalue weighted by atomic mass is 15.4. The van der Waals surface area contributed by atoms with E-state index in [9.17, 15) is 0 Å². The lowest BCUT2D eigenvalue weighted by Gasteiger charge is -2.51. The average Bonchev–Trinajstić information content (AvgIpc) is 2.69. The second-order valence-corrected chi connectivity index (χ2v) is 7.83. The topological polar surface area (TPSA) is 0 Å². The van der Waals surface area contributed by atoms with Crippen LogP contribution in [0.15, 0.2) is 11.1 Å². The van der Waals surface area contributed by atoms with E-state index in [1.807, 2.05) is 11.1 Å². The largest absolute Gasteiger partial charge is 0.317 e. The molecule has 3 aliphatic rings. The molecule has 3 rings (SSSR count). The summed E-state index contributed by atoms with van der Waals surface area (Å²) in [6.07, 6.45) is 12.9. The number of likely N-dealkylation sites (N-methyl/N-ethyl adjacent to an activating group) is 1. The smallest absolute Gasteiger partial charge is 0.118 e. The van der Waals surface area contributed by atoms with Crippen LogP contribution in [0.2, 0.25) is 0 Å². The quantitative estimate of drug-likeness (QED) is 0.512. The Bertz CT molecular complexity index is 383. The Balaban J connectivity index is 1.86. The third-order valence-electron chi connectivity index (χ3n) is 6.64. The van der Waals surface area contributed by atoms with Crippen molar-refractivity contribution in [1.29, 1.82) is 0 Å². The molecule has 0 saturated carbocycles. The van der Waals surface area contributed by atoms with Gasteiger partial charge in [0, 0.05) is 18.8 Å². The van der Waals surface area contributed by atoms with E-state index in [1.54, 1.807) is 0 Å². The number of nitrogens with zero attached hydrogens (tertiary/aromatic N) is 1. The van der Waals surface area contributed by atoms with Gasteiger partial charge in [-0.1, -0.05) is 25.3 Å². The first-order chi connectivity index (χ1) is 9.09. The Hall–Kier alpha value is -0.300. The molecule has 1 unspecified atom stereocenters. The summed E-state index contributed by atoms with van der Waals surface area (Å²) in [4.78, 5) is 0. The molecule has 0 N–H and O–H groups in total. The van der Waals surface area contributed by atoms with Crippen LogP contribution >= 0.6 is 0 Å². The van der Waals surface area contributed by atoms with Crippen LogP contribution in [0.5, 0.6) is 0 Å². The monoisotopic (exact) mass is 262 g/mol. The lowest BCUT2D eigenvalue weighted by molar-refractivity contribution is -0.942. The molecule has 1 aliphatic carbocycles. The van der Waals surface area contributed by atoms with Gasteiger partial charge in [0.25, 0.3) is 0 Å². The molecule has 1 heteroatoms. The van der Waals surface area contributed by atoms with E-state index in [2.05, 4.69) is 20.9 Å². The van der Waals surface area contributed by atoms with E-state index < -0.39 is 0 Å². The maximum absolute atomic E-state index is 2.61. The predicted octanol–water partition coefficient (Wildman–Crippen LogP) is 4.68. The van der Waals surface area contributed by atoms with E-state index in [0.29, 0.717) is 5.54 Å². The van der Waals surface area contributed by atoms with Gasteiger partial charge in [0.1, 0.15) is 5.54 Å². The molecule has 1 nitrogen and oxygen atoms in total. The summed E-state index contributed by atoms with van der Waals surface area (Å²) in [5, 5.41) is 0. The molecule has 1 fully saturated rings. The van der Waals surface area contributed by atoms with Crippen LogP contribution in [-0.2, 0) is 0 Å². The SMILES string of the molecule is CCCC[C@H]1C[C@]2(C)C3=C(CCCC3)CC[N+]2(C)C1. The molecule has 3 atom stereocenters. The third-order valence-corrected chi connectivity index (χ3v) is 6.64. The Morgan fingerprint density at radius 1 is 1.21 bits per heavy atom. The van der Waals surface area contributed by atoms with Gasteiger partial charge in [-0.05, 0) is 44.6 Å². The van der Waals surface area contributed by atoms with Crippen molar-refractivity contribution in [2.75, 3.05) is 20.1 Å². The molecule has 19 heavy (non-hydrogen) atoms. The van der Waals surface area contributed by atoms with Crippen molar-refractivity contribution >= 4 is 0 Å². The highest BCUT2D eigenvalue weighted by molar-refractivity contribution is 5.29. The molecule has 0 aromatic rings. The first kappa shape index (κ1) is 13.7. The minimum Gasteiger partial charge on any atom is -0.317 e. The van der Waals surface area contributed by atoms with Gasteiger partial charge in [0.05, 0.1) is 20.1 Å². The Kier molecular flexibility index (Phi) is 3.53. The van der Waals surface area contributed by atoms with Gasteiger partial charge < -0.3 is 4.48 Å². The van der Waals surface area contributed by atoms with Crippen molar-refractivity contribution < 1.29 is 4.48 Å². The zero-order chi connectivity index (χ0) is 13.5. The molecule has 0 radical (unpaired) electrons. The van der Waals surface area contributed by atoms with Crippen LogP contribution in [-0.4, -0.2) is 30.2 Å². The molecule has 0 aromatic carbocycles. The number of unbranched alkanes of at least 4 members (excludes halogenated alkanes) is 1. The summed E-state index contributed by atoms with van der Waals surface area (Å²) in [6.45, 7) is 7.81. The Labute approximate surface area is 119 Å². The standard InChI is InChI=1S/C18H32N/c1-4-5-8-15-13-18(2)17-10-7-6-9-16(17)11-12-19(18,3)14-15/h15H,4-14H2,1-3H3/q+1/t15-,18+,19?/m0/s1. The predicted molar refractivity (Wildman–Crippen MR) is 82.1 cm³/mol. The van der Waals surface area contributed by atoms with Crippen molar-refractivity contribution in [3.63, 3.8) is 0 Å². The molecule has 1 saturated heterocycles. The first-order valence-electron chi connectivity index (χ1n) is 8.65. The first-order valence-corrected chi connectivity index (χ1v) is 8.65. The van der Waals surface area contributed by atoms with Crippen LogP contribution in [0.3, 0.4) is 0 Å². The normalized spacial score (nSPS) is 42.2. The minimum atomic E-state index is 0.506. The van der Waals surface area contributed by atoms with E-state index in [4.69, 9.17) is 0 Å². The van der Waals surface area contributed by atoms with Gasteiger partial charge in [0.15, 0.2) is 0 Å². The van der Waals surface area contributed by atoms with Gasteiger partial charge in [-0.15, -0.1) is 0 Å². The van der Waals surface area contributed by atoms with Crippen LogP contribution in [0.4, 0.5) is 0 Å². The van der Waals surface area contributed by atoms with Crippen molar-refractivity contribution in [1.82, 2.24) is 0 Å². The zero-order valence-corrected chi connectivity index (χ0v) is 13.3. The highest BCUT2D eigenvalue weighted by Gasteiger charge is 2.56. The number of quaternary nitrogens is 1.